The van der Waals surface area contributed by atoms with Crippen LogP contribution in [0.3, 0.4) is 0 Å². The van der Waals surface area contributed by atoms with Crippen molar-refractivity contribution in [3.63, 3.8) is 0 Å². The van der Waals surface area contributed by atoms with Crippen LogP contribution in [-0.4, -0.2) is 18.9 Å². The molecule has 3 N–H and O–H groups in total. The first-order valence-corrected chi connectivity index (χ1v) is 7.28. The van der Waals surface area contributed by atoms with Gasteiger partial charge in [-0.25, -0.2) is 0 Å². The molecule has 20 heavy (non-hydrogen) atoms. The summed E-state index contributed by atoms with van der Waals surface area (Å²) in [7, 11) is 1.57. The highest BCUT2D eigenvalue weighted by Crippen LogP contribution is 2.26. The molecule has 0 radical (unpaired) electrons. The first-order chi connectivity index (χ1) is 9.17. The number of allylic oxidation sites excluding steroid dienone is 1. The lowest BCUT2D eigenvalue weighted by Gasteiger charge is -2.23. The summed E-state index contributed by atoms with van der Waals surface area (Å²) in [5.74, 6) is -0.848. The van der Waals surface area contributed by atoms with Crippen molar-refractivity contribution in [1.82, 2.24) is 5.32 Å². The van der Waals surface area contributed by atoms with Crippen molar-refractivity contribution in [3.8, 4) is 0 Å². The molecule has 0 spiro atoms. The summed E-state index contributed by atoms with van der Waals surface area (Å²) in [4.78, 5) is 22.2. The Hall–Kier alpha value is -1.32. The molecule has 2 amide bonds. The lowest BCUT2D eigenvalue weighted by atomic mass is 9.82. The number of amides is 2. The third-order valence-electron chi connectivity index (χ3n) is 2.21. The molecule has 1 atom stereocenters. The van der Waals surface area contributed by atoms with Crippen molar-refractivity contribution in [2.75, 3.05) is 7.05 Å². The van der Waals surface area contributed by atoms with Crippen LogP contribution in [0.15, 0.2) is 12.7 Å². The predicted octanol–water partition coefficient (Wildman–Crippen LogP) is 3.27. The Kier molecular flexibility index (Phi) is 16.7. The number of nitrogens with two attached hydrogens (primary N) is 1. The Morgan fingerprint density at radius 2 is 1.70 bits per heavy atom. The van der Waals surface area contributed by atoms with Crippen LogP contribution >= 0.6 is 0 Å². The van der Waals surface area contributed by atoms with Gasteiger partial charge < -0.3 is 11.1 Å². The second-order valence-electron chi connectivity index (χ2n) is 5.44. The Bertz CT molecular complexity index is 268. The largest absolute Gasteiger partial charge is 0.370 e. The van der Waals surface area contributed by atoms with Gasteiger partial charge in [0.25, 0.3) is 0 Å². The van der Waals surface area contributed by atoms with Crippen LogP contribution in [0.1, 0.15) is 60.8 Å². The zero-order valence-electron chi connectivity index (χ0n) is 14.4. The van der Waals surface area contributed by atoms with E-state index in [2.05, 4.69) is 18.8 Å². The molecular weight excluding hydrogens is 252 g/mol. The highest BCUT2D eigenvalue weighted by atomic mass is 16.2. The van der Waals surface area contributed by atoms with Gasteiger partial charge in [-0.3, -0.25) is 9.59 Å². The smallest absolute Gasteiger partial charge is 0.223 e. The maximum Gasteiger partial charge on any atom is 0.223 e. The fourth-order valence-electron chi connectivity index (χ4n) is 1.44. The molecule has 0 aliphatic carbocycles. The fourth-order valence-corrected chi connectivity index (χ4v) is 1.44. The normalized spacial score (nSPS) is 10.9. The minimum atomic E-state index is -0.428. The van der Waals surface area contributed by atoms with E-state index in [1.807, 2.05) is 40.7 Å². The molecule has 0 rings (SSSR count). The molecule has 0 fully saturated rings. The molecule has 1 unspecified atom stereocenters. The van der Waals surface area contributed by atoms with E-state index in [0.717, 1.165) is 6.42 Å². The van der Waals surface area contributed by atoms with Crippen LogP contribution in [0.5, 0.6) is 0 Å². The van der Waals surface area contributed by atoms with Crippen molar-refractivity contribution in [1.29, 1.82) is 0 Å². The van der Waals surface area contributed by atoms with E-state index in [1.165, 1.54) is 0 Å². The molecule has 0 aromatic carbocycles. The topological polar surface area (TPSA) is 72.2 Å². The fraction of sp³-hybridized carbons (Fsp3) is 0.750. The van der Waals surface area contributed by atoms with E-state index in [4.69, 9.17) is 5.73 Å². The average molecular weight is 286 g/mol. The molecule has 0 bridgehead atoms. The minimum Gasteiger partial charge on any atom is -0.370 e. The molecule has 0 heterocycles. The molecule has 120 valence electrons. The first-order valence-electron chi connectivity index (χ1n) is 7.28. The number of primary amides is 1. The van der Waals surface area contributed by atoms with Crippen molar-refractivity contribution in [2.24, 2.45) is 17.1 Å². The number of hydrogen-bond acceptors (Lipinski definition) is 2. The average Bonchev–Trinajstić information content (AvgIpc) is 2.37. The molecular formula is C16H34N2O2. The summed E-state index contributed by atoms with van der Waals surface area (Å²) in [6.07, 6.45) is 3.74. The molecule has 4 nitrogen and oxygen atoms in total. The Balaban J connectivity index is -0.000000410. The van der Waals surface area contributed by atoms with Gasteiger partial charge in [-0.2, -0.15) is 0 Å². The van der Waals surface area contributed by atoms with Gasteiger partial charge in [-0.15, -0.1) is 6.58 Å². The van der Waals surface area contributed by atoms with Gasteiger partial charge in [0.2, 0.25) is 11.8 Å². The van der Waals surface area contributed by atoms with Gasteiger partial charge in [0, 0.05) is 19.4 Å². The van der Waals surface area contributed by atoms with Gasteiger partial charge >= 0.3 is 0 Å². The summed E-state index contributed by atoms with van der Waals surface area (Å²) in [6.45, 7) is 15.6. The van der Waals surface area contributed by atoms with Gasteiger partial charge in [0.05, 0.1) is 0 Å². The van der Waals surface area contributed by atoms with Crippen molar-refractivity contribution in [2.45, 2.75) is 60.8 Å². The third-order valence-corrected chi connectivity index (χ3v) is 2.21. The molecule has 0 saturated carbocycles. The predicted molar refractivity (Wildman–Crippen MR) is 87.3 cm³/mol. The highest BCUT2D eigenvalue weighted by molar-refractivity contribution is 5.84. The zero-order chi connectivity index (χ0) is 16.8. The Labute approximate surface area is 125 Å². The van der Waals surface area contributed by atoms with Crippen LogP contribution in [0.25, 0.3) is 0 Å². The van der Waals surface area contributed by atoms with Crippen LogP contribution in [0, 0.1) is 11.3 Å². The van der Waals surface area contributed by atoms with Crippen molar-refractivity contribution >= 4 is 11.8 Å². The molecule has 0 saturated heterocycles. The quantitative estimate of drug-likeness (QED) is 0.761. The number of carbonyl (C=O) groups excluding carboxylic acids is 2. The third kappa shape index (κ3) is 19.0. The first kappa shape index (κ1) is 23.7. The summed E-state index contributed by atoms with van der Waals surface area (Å²) in [5, 5.41) is 2.55. The molecule has 4 heteroatoms. The van der Waals surface area contributed by atoms with E-state index in [9.17, 15) is 9.59 Å². The molecule has 0 aromatic heterocycles. The van der Waals surface area contributed by atoms with Gasteiger partial charge in [0.1, 0.15) is 0 Å². The minimum absolute atomic E-state index is 0.0205. The Morgan fingerprint density at radius 1 is 1.30 bits per heavy atom. The van der Waals surface area contributed by atoms with E-state index in [1.54, 1.807) is 7.05 Å². The Morgan fingerprint density at radius 3 is 1.90 bits per heavy atom. The summed E-state index contributed by atoms with van der Waals surface area (Å²) in [6, 6.07) is 0. The SMILES string of the molecule is C=CCC.CC.CNC(=O)C(CC(N)=O)CC(C)(C)C. The number of hydrogen-bond donors (Lipinski definition) is 2. The maximum atomic E-state index is 11.4. The number of carbonyl (C=O) groups is 2. The van der Waals surface area contributed by atoms with Crippen LogP contribution in [0.2, 0.25) is 0 Å². The van der Waals surface area contributed by atoms with E-state index in [0.29, 0.717) is 6.42 Å². The maximum absolute atomic E-state index is 11.4. The van der Waals surface area contributed by atoms with E-state index >= 15 is 0 Å². The summed E-state index contributed by atoms with van der Waals surface area (Å²) >= 11 is 0. The number of rotatable bonds is 5. The standard InChI is InChI=1S/C10H20N2O2.C4H8.C2H6/c1-10(2,3)6-7(5-8(11)13)9(14)12-4;1-3-4-2;1-2/h7H,5-6H2,1-4H3,(H2,11,13)(H,12,14);3H,1,4H2,2H3;1-2H3. The lowest BCUT2D eigenvalue weighted by Crippen LogP contribution is -2.33. The van der Waals surface area contributed by atoms with Crippen LogP contribution < -0.4 is 11.1 Å². The molecule has 0 aliphatic heterocycles. The molecule has 0 aliphatic rings. The summed E-state index contributed by atoms with van der Waals surface area (Å²) < 4.78 is 0. The van der Waals surface area contributed by atoms with Gasteiger partial charge in [0.15, 0.2) is 0 Å². The van der Waals surface area contributed by atoms with Crippen LogP contribution in [-0.2, 0) is 9.59 Å². The summed E-state index contributed by atoms with van der Waals surface area (Å²) in [5.41, 5.74) is 5.11. The highest BCUT2D eigenvalue weighted by Gasteiger charge is 2.25. The van der Waals surface area contributed by atoms with Gasteiger partial charge in [-0.05, 0) is 18.3 Å². The van der Waals surface area contributed by atoms with E-state index in [-0.39, 0.29) is 23.7 Å². The molecule has 0 aromatic rings. The van der Waals surface area contributed by atoms with Crippen molar-refractivity contribution in [3.05, 3.63) is 12.7 Å². The monoisotopic (exact) mass is 286 g/mol. The zero-order valence-corrected chi connectivity index (χ0v) is 14.4. The number of nitrogens with one attached hydrogen (secondary N) is 1. The van der Waals surface area contributed by atoms with Crippen LogP contribution in [0.4, 0.5) is 0 Å². The second-order valence-corrected chi connectivity index (χ2v) is 5.44. The van der Waals surface area contributed by atoms with Crippen molar-refractivity contribution < 1.29 is 9.59 Å². The van der Waals surface area contributed by atoms with E-state index < -0.39 is 5.91 Å². The van der Waals surface area contributed by atoms with Gasteiger partial charge in [-0.1, -0.05) is 47.6 Å². The lowest BCUT2D eigenvalue weighted by molar-refractivity contribution is -0.129. The second kappa shape index (κ2) is 14.1.